The van der Waals surface area contributed by atoms with Crippen LogP contribution in [0.5, 0.6) is 0 Å². The zero-order valence-corrected chi connectivity index (χ0v) is 12.9. The number of nitrogens with one attached hydrogen (secondary N) is 1. The van der Waals surface area contributed by atoms with E-state index in [1.54, 1.807) is 6.20 Å². The molecule has 0 atom stereocenters. The fourth-order valence-electron chi connectivity index (χ4n) is 2.39. The number of hydrogen-bond acceptors (Lipinski definition) is 1. The zero-order chi connectivity index (χ0) is 14.3. The average Bonchev–Trinajstić information content (AvgIpc) is 2.83. The number of carbonyl (C=O) groups is 1. The molecule has 2 nitrogen and oxygen atoms in total. The molecule has 0 bridgehead atoms. The minimum absolute atomic E-state index is 0.0377. The van der Waals surface area contributed by atoms with Crippen LogP contribution in [0.25, 0.3) is 10.9 Å². The van der Waals surface area contributed by atoms with E-state index in [1.807, 2.05) is 44.2 Å². The van der Waals surface area contributed by atoms with Crippen LogP contribution in [0.2, 0.25) is 0 Å². The third kappa shape index (κ3) is 2.18. The van der Waals surface area contributed by atoms with Crippen molar-refractivity contribution in [2.75, 3.05) is 0 Å². The Kier molecular flexibility index (Phi) is 3.22. The maximum atomic E-state index is 12.7. The predicted octanol–water partition coefficient (Wildman–Crippen LogP) is 4.78. The SMILES string of the molecule is Cc1ccc(Br)c(C(=O)c2c[nH]c3cc(C)ccc23)c1. The number of fused-ring (bicyclic) bond motifs is 1. The molecule has 1 aromatic heterocycles. The van der Waals surface area contributed by atoms with Crippen LogP contribution < -0.4 is 0 Å². The van der Waals surface area contributed by atoms with E-state index in [4.69, 9.17) is 0 Å². The van der Waals surface area contributed by atoms with Crippen molar-refractivity contribution in [2.24, 2.45) is 0 Å². The lowest BCUT2D eigenvalue weighted by Crippen LogP contribution is -2.02. The molecule has 0 fully saturated rings. The van der Waals surface area contributed by atoms with Gasteiger partial charge in [0, 0.05) is 32.7 Å². The van der Waals surface area contributed by atoms with Gasteiger partial charge in [0.15, 0.2) is 5.78 Å². The van der Waals surface area contributed by atoms with E-state index in [2.05, 4.69) is 27.0 Å². The Morgan fingerprint density at radius 3 is 2.50 bits per heavy atom. The second-order valence-corrected chi connectivity index (χ2v) is 5.92. The molecule has 0 aliphatic rings. The van der Waals surface area contributed by atoms with Gasteiger partial charge in [-0.25, -0.2) is 0 Å². The molecule has 0 unspecified atom stereocenters. The Bertz CT molecular complexity index is 817. The third-order valence-corrected chi connectivity index (χ3v) is 4.14. The Labute approximate surface area is 126 Å². The lowest BCUT2D eigenvalue weighted by Gasteiger charge is -2.04. The molecule has 0 saturated carbocycles. The van der Waals surface area contributed by atoms with Gasteiger partial charge in [0.2, 0.25) is 0 Å². The van der Waals surface area contributed by atoms with Gasteiger partial charge in [-0.1, -0.05) is 39.7 Å². The number of ketones is 1. The van der Waals surface area contributed by atoms with Crippen LogP contribution in [-0.2, 0) is 0 Å². The van der Waals surface area contributed by atoms with Crippen LogP contribution in [0.3, 0.4) is 0 Å². The molecule has 0 amide bonds. The van der Waals surface area contributed by atoms with Gasteiger partial charge in [-0.2, -0.15) is 0 Å². The standard InChI is InChI=1S/C17H14BrNO/c1-10-4-6-15(18)13(7-10)17(20)14-9-19-16-8-11(2)3-5-12(14)16/h3-9,19H,1-2H3. The van der Waals surface area contributed by atoms with Gasteiger partial charge >= 0.3 is 0 Å². The second-order valence-electron chi connectivity index (χ2n) is 5.06. The molecule has 0 spiro atoms. The van der Waals surface area contributed by atoms with E-state index in [1.165, 1.54) is 5.56 Å². The van der Waals surface area contributed by atoms with Crippen molar-refractivity contribution in [1.29, 1.82) is 0 Å². The van der Waals surface area contributed by atoms with Gasteiger partial charge in [0.05, 0.1) is 0 Å². The van der Waals surface area contributed by atoms with Crippen molar-refractivity contribution in [1.82, 2.24) is 4.98 Å². The minimum Gasteiger partial charge on any atom is -0.360 e. The van der Waals surface area contributed by atoms with Crippen molar-refractivity contribution < 1.29 is 4.79 Å². The highest BCUT2D eigenvalue weighted by Crippen LogP contribution is 2.26. The molecular formula is C17H14BrNO. The van der Waals surface area contributed by atoms with Crippen LogP contribution >= 0.6 is 15.9 Å². The number of aryl methyl sites for hydroxylation is 2. The van der Waals surface area contributed by atoms with E-state index in [0.29, 0.717) is 11.1 Å². The molecule has 0 saturated heterocycles. The van der Waals surface area contributed by atoms with Gasteiger partial charge in [0.1, 0.15) is 0 Å². The van der Waals surface area contributed by atoms with Crippen molar-refractivity contribution in [3.63, 3.8) is 0 Å². The molecule has 1 heterocycles. The predicted molar refractivity (Wildman–Crippen MR) is 85.3 cm³/mol. The summed E-state index contributed by atoms with van der Waals surface area (Å²) in [5.41, 5.74) is 4.66. The minimum atomic E-state index is 0.0377. The van der Waals surface area contributed by atoms with Crippen LogP contribution in [0.1, 0.15) is 27.0 Å². The van der Waals surface area contributed by atoms with E-state index in [-0.39, 0.29) is 5.78 Å². The van der Waals surface area contributed by atoms with Gasteiger partial charge < -0.3 is 4.98 Å². The number of rotatable bonds is 2. The highest BCUT2D eigenvalue weighted by atomic mass is 79.9. The molecule has 3 rings (SSSR count). The summed E-state index contributed by atoms with van der Waals surface area (Å²) in [6.45, 7) is 4.03. The van der Waals surface area contributed by atoms with Crippen LogP contribution in [0.15, 0.2) is 47.1 Å². The first kappa shape index (κ1) is 13.1. The number of H-pyrrole nitrogens is 1. The van der Waals surface area contributed by atoms with Gasteiger partial charge in [-0.3, -0.25) is 4.79 Å². The fourth-order valence-corrected chi connectivity index (χ4v) is 2.81. The molecule has 0 aliphatic heterocycles. The monoisotopic (exact) mass is 327 g/mol. The Morgan fingerprint density at radius 1 is 1.00 bits per heavy atom. The zero-order valence-electron chi connectivity index (χ0n) is 11.3. The molecular weight excluding hydrogens is 314 g/mol. The maximum absolute atomic E-state index is 12.7. The summed E-state index contributed by atoms with van der Waals surface area (Å²) < 4.78 is 0.828. The lowest BCUT2D eigenvalue weighted by molar-refractivity contribution is 0.103. The Hall–Kier alpha value is -1.87. The highest BCUT2D eigenvalue weighted by Gasteiger charge is 2.16. The summed E-state index contributed by atoms with van der Waals surface area (Å²) in [7, 11) is 0. The van der Waals surface area contributed by atoms with E-state index in [9.17, 15) is 4.79 Å². The summed E-state index contributed by atoms with van der Waals surface area (Å²) in [5.74, 6) is 0.0377. The summed E-state index contributed by atoms with van der Waals surface area (Å²) in [6.07, 6.45) is 1.79. The Morgan fingerprint density at radius 2 is 1.70 bits per heavy atom. The third-order valence-electron chi connectivity index (χ3n) is 3.45. The van der Waals surface area contributed by atoms with Crippen molar-refractivity contribution in [3.8, 4) is 0 Å². The van der Waals surface area contributed by atoms with E-state index < -0.39 is 0 Å². The lowest BCUT2D eigenvalue weighted by atomic mass is 10.0. The highest BCUT2D eigenvalue weighted by molar-refractivity contribution is 9.10. The number of carbonyl (C=O) groups excluding carboxylic acids is 1. The van der Waals surface area contributed by atoms with E-state index >= 15 is 0 Å². The summed E-state index contributed by atoms with van der Waals surface area (Å²) in [4.78, 5) is 15.9. The number of halogens is 1. The van der Waals surface area contributed by atoms with Gasteiger partial charge in [0.25, 0.3) is 0 Å². The van der Waals surface area contributed by atoms with Crippen molar-refractivity contribution >= 4 is 32.6 Å². The van der Waals surface area contributed by atoms with Crippen molar-refractivity contribution in [2.45, 2.75) is 13.8 Å². The first-order valence-electron chi connectivity index (χ1n) is 6.45. The summed E-state index contributed by atoms with van der Waals surface area (Å²) in [6, 6.07) is 11.9. The largest absolute Gasteiger partial charge is 0.360 e. The van der Waals surface area contributed by atoms with Crippen molar-refractivity contribution in [3.05, 3.63) is 69.3 Å². The smallest absolute Gasteiger partial charge is 0.196 e. The molecule has 0 radical (unpaired) electrons. The molecule has 3 aromatic rings. The number of benzene rings is 2. The molecule has 100 valence electrons. The quantitative estimate of drug-likeness (QED) is 0.675. The first-order valence-corrected chi connectivity index (χ1v) is 7.24. The van der Waals surface area contributed by atoms with Crippen LogP contribution in [-0.4, -0.2) is 10.8 Å². The molecule has 3 heteroatoms. The average molecular weight is 328 g/mol. The molecule has 2 aromatic carbocycles. The number of aromatic amines is 1. The molecule has 1 N–H and O–H groups in total. The van der Waals surface area contributed by atoms with Gasteiger partial charge in [-0.15, -0.1) is 0 Å². The summed E-state index contributed by atoms with van der Waals surface area (Å²) in [5, 5.41) is 0.967. The normalized spacial score (nSPS) is 10.9. The Balaban J connectivity index is 2.15. The van der Waals surface area contributed by atoms with E-state index in [0.717, 1.165) is 20.9 Å². The first-order chi connectivity index (χ1) is 9.56. The molecule has 20 heavy (non-hydrogen) atoms. The maximum Gasteiger partial charge on any atom is 0.196 e. The van der Waals surface area contributed by atoms with Crippen LogP contribution in [0.4, 0.5) is 0 Å². The molecule has 0 aliphatic carbocycles. The summed E-state index contributed by atoms with van der Waals surface area (Å²) >= 11 is 3.46. The van der Waals surface area contributed by atoms with Gasteiger partial charge in [-0.05, 0) is 37.6 Å². The second kappa shape index (κ2) is 4.91. The van der Waals surface area contributed by atoms with Crippen LogP contribution in [0, 0.1) is 13.8 Å². The number of hydrogen-bond donors (Lipinski definition) is 1. The topological polar surface area (TPSA) is 32.9 Å². The fraction of sp³-hybridized carbons (Fsp3) is 0.118. The number of aromatic nitrogens is 1.